The summed E-state index contributed by atoms with van der Waals surface area (Å²) in [6, 6.07) is 6.74. The van der Waals surface area contributed by atoms with E-state index < -0.39 is 27.2 Å². The lowest BCUT2D eigenvalue weighted by Gasteiger charge is -2.36. The van der Waals surface area contributed by atoms with Crippen LogP contribution in [0.1, 0.15) is 31.2 Å². The number of carbonyl (C=O) groups excluding carboxylic acids is 3. The van der Waals surface area contributed by atoms with E-state index in [1.54, 1.807) is 11.9 Å². The number of benzene rings is 1. The van der Waals surface area contributed by atoms with Crippen molar-refractivity contribution in [3.05, 3.63) is 29.8 Å². The predicted octanol–water partition coefficient (Wildman–Crippen LogP) is 0.532. The summed E-state index contributed by atoms with van der Waals surface area (Å²) >= 11 is 0. The van der Waals surface area contributed by atoms with Gasteiger partial charge in [-0.3, -0.25) is 19.1 Å². The molecule has 188 valence electrons. The van der Waals surface area contributed by atoms with E-state index in [-0.39, 0.29) is 42.8 Å². The number of piperidine rings is 1. The summed E-state index contributed by atoms with van der Waals surface area (Å²) in [5.74, 6) is -1.10. The molecule has 0 bridgehead atoms. The van der Waals surface area contributed by atoms with Crippen molar-refractivity contribution in [1.29, 1.82) is 0 Å². The van der Waals surface area contributed by atoms with Crippen molar-refractivity contribution in [2.24, 2.45) is 16.1 Å². The summed E-state index contributed by atoms with van der Waals surface area (Å²) in [6.45, 7) is 1.04. The average Bonchev–Trinajstić information content (AvgIpc) is 3.50. The molecule has 3 heterocycles. The lowest BCUT2D eigenvalue weighted by atomic mass is 9.87. The number of anilines is 1. The molecule has 0 spiro atoms. The van der Waals surface area contributed by atoms with E-state index in [1.165, 1.54) is 4.90 Å². The first-order chi connectivity index (χ1) is 16.7. The van der Waals surface area contributed by atoms with Gasteiger partial charge in [-0.15, -0.1) is 0 Å². The first kappa shape index (κ1) is 23.7. The summed E-state index contributed by atoms with van der Waals surface area (Å²) in [5.41, 5.74) is 2.10. The Hall–Kier alpha value is -3.02. The van der Waals surface area contributed by atoms with Gasteiger partial charge >= 0.3 is 0 Å². The fourth-order valence-corrected chi connectivity index (χ4v) is 6.39. The monoisotopic (exact) mass is 502 g/mol. The first-order valence-electron chi connectivity index (χ1n) is 12.1. The molecule has 3 amide bonds. The molecule has 11 nitrogen and oxygen atoms in total. The van der Waals surface area contributed by atoms with Gasteiger partial charge < -0.3 is 15.1 Å². The Morgan fingerprint density at radius 2 is 1.94 bits per heavy atom. The minimum atomic E-state index is -3.60. The lowest BCUT2D eigenvalue weighted by Crippen LogP contribution is -2.53. The Balaban J connectivity index is 1.15. The minimum Gasteiger partial charge on any atom is -0.373 e. The molecule has 3 aliphatic heterocycles. The molecule has 2 fully saturated rings. The average molecular weight is 503 g/mol. The summed E-state index contributed by atoms with van der Waals surface area (Å²) in [4.78, 5) is 41.6. The number of nitrogens with one attached hydrogen (secondary N) is 2. The Labute approximate surface area is 204 Å². The van der Waals surface area contributed by atoms with Crippen LogP contribution in [0.3, 0.4) is 0 Å². The fourth-order valence-electron chi connectivity index (χ4n) is 5.04. The van der Waals surface area contributed by atoms with E-state index in [0.29, 0.717) is 38.8 Å². The van der Waals surface area contributed by atoms with Gasteiger partial charge in [-0.2, -0.15) is 10.2 Å². The molecule has 4 unspecified atom stereocenters. The molecule has 12 heteroatoms. The number of sulfonamides is 1. The molecular formula is C23H30N6O5S. The number of para-hydroxylation sites is 1. The third-order valence-corrected chi connectivity index (χ3v) is 9.13. The van der Waals surface area contributed by atoms with E-state index in [4.69, 9.17) is 0 Å². The van der Waals surface area contributed by atoms with E-state index in [1.807, 2.05) is 24.3 Å². The van der Waals surface area contributed by atoms with Crippen molar-refractivity contribution in [2.45, 2.75) is 55.5 Å². The van der Waals surface area contributed by atoms with Crippen molar-refractivity contribution >= 4 is 33.4 Å². The number of hydrogen-bond donors (Lipinski definition) is 2. The molecule has 5 rings (SSSR count). The molecule has 1 aromatic rings. The highest BCUT2D eigenvalue weighted by Crippen LogP contribution is 2.33. The van der Waals surface area contributed by atoms with Gasteiger partial charge in [-0.1, -0.05) is 18.2 Å². The number of nitrogens with zero attached hydrogens (tertiary/aromatic N) is 4. The summed E-state index contributed by atoms with van der Waals surface area (Å²) < 4.78 is 25.9. The summed E-state index contributed by atoms with van der Waals surface area (Å²) in [7, 11) is -2.04. The standard InChI is InChI=1S/C23H30N6O5S/c1-28(10-9-20(30)27-35(33,34)15-6-7-15)23(32)21-16-13-29(11-8-18(16)25-26-21)22(31)19-12-14-4-2-3-5-17(14)24-19/h2-5,15-16,18-19,21,24H,6-13H2,1H3,(H,27,30). The van der Waals surface area contributed by atoms with E-state index in [2.05, 4.69) is 20.3 Å². The van der Waals surface area contributed by atoms with Crippen LogP contribution in [0.4, 0.5) is 5.69 Å². The van der Waals surface area contributed by atoms with Gasteiger partial charge in [-0.05, 0) is 30.9 Å². The van der Waals surface area contributed by atoms with Gasteiger partial charge in [0.15, 0.2) is 6.04 Å². The molecule has 1 aromatic carbocycles. The van der Waals surface area contributed by atoms with Crippen LogP contribution in [0.2, 0.25) is 0 Å². The molecule has 0 aromatic heterocycles. The smallest absolute Gasteiger partial charge is 0.249 e. The number of amides is 3. The van der Waals surface area contributed by atoms with Gasteiger partial charge in [0.1, 0.15) is 6.04 Å². The molecule has 1 saturated carbocycles. The fraction of sp³-hybridized carbons (Fsp3) is 0.609. The Morgan fingerprint density at radius 3 is 2.69 bits per heavy atom. The van der Waals surface area contributed by atoms with Gasteiger partial charge in [0.25, 0.3) is 0 Å². The zero-order valence-corrected chi connectivity index (χ0v) is 20.4. The number of carbonyl (C=O) groups is 3. The number of rotatable bonds is 7. The number of azo groups is 1. The quantitative estimate of drug-likeness (QED) is 0.557. The van der Waals surface area contributed by atoms with Gasteiger partial charge in [0.2, 0.25) is 27.7 Å². The zero-order chi connectivity index (χ0) is 24.7. The summed E-state index contributed by atoms with van der Waals surface area (Å²) in [6.07, 6.45) is 2.30. The van der Waals surface area contributed by atoms with Crippen molar-refractivity contribution in [2.75, 3.05) is 32.0 Å². The topological polar surface area (TPSA) is 141 Å². The predicted molar refractivity (Wildman–Crippen MR) is 127 cm³/mol. The largest absolute Gasteiger partial charge is 0.373 e. The second-order valence-electron chi connectivity index (χ2n) is 9.82. The second kappa shape index (κ2) is 9.21. The maximum absolute atomic E-state index is 13.2. The van der Waals surface area contributed by atoms with E-state index in [0.717, 1.165) is 11.3 Å². The number of hydrogen-bond acceptors (Lipinski definition) is 8. The van der Waals surface area contributed by atoms with Gasteiger partial charge in [0, 0.05) is 51.1 Å². The van der Waals surface area contributed by atoms with Crippen LogP contribution in [-0.4, -0.2) is 86.0 Å². The van der Waals surface area contributed by atoms with Crippen molar-refractivity contribution in [3.8, 4) is 0 Å². The highest BCUT2D eigenvalue weighted by molar-refractivity contribution is 7.90. The lowest BCUT2D eigenvalue weighted by molar-refractivity contribution is -0.137. The molecule has 35 heavy (non-hydrogen) atoms. The number of likely N-dealkylation sites (N-methyl/N-ethyl adjacent to an activating group) is 1. The van der Waals surface area contributed by atoms with Crippen molar-refractivity contribution < 1.29 is 22.8 Å². The first-order valence-corrected chi connectivity index (χ1v) is 13.6. The van der Waals surface area contributed by atoms with Crippen LogP contribution in [0, 0.1) is 5.92 Å². The van der Waals surface area contributed by atoms with Crippen LogP contribution >= 0.6 is 0 Å². The SMILES string of the molecule is CN(CCC(=O)NS(=O)(=O)C1CC1)C(=O)C1N=NC2CCN(C(=O)C3Cc4ccccc4N3)CC21. The van der Waals surface area contributed by atoms with Gasteiger partial charge in [-0.25, -0.2) is 8.42 Å². The van der Waals surface area contributed by atoms with Gasteiger partial charge in [0.05, 0.1) is 11.3 Å². The summed E-state index contributed by atoms with van der Waals surface area (Å²) in [5, 5.41) is 11.4. The van der Waals surface area contributed by atoms with Crippen molar-refractivity contribution in [3.63, 3.8) is 0 Å². The van der Waals surface area contributed by atoms with E-state index >= 15 is 0 Å². The molecule has 2 N–H and O–H groups in total. The molecular weight excluding hydrogens is 472 g/mol. The minimum absolute atomic E-state index is 0.0136. The third kappa shape index (κ3) is 4.89. The normalized spacial score (nSPS) is 27.1. The molecule has 4 aliphatic rings. The molecule has 4 atom stereocenters. The maximum atomic E-state index is 13.2. The Morgan fingerprint density at radius 1 is 1.17 bits per heavy atom. The maximum Gasteiger partial charge on any atom is 0.249 e. The number of likely N-dealkylation sites (tertiary alicyclic amines) is 1. The molecule has 0 radical (unpaired) electrons. The second-order valence-corrected chi connectivity index (χ2v) is 11.8. The highest BCUT2D eigenvalue weighted by Gasteiger charge is 2.46. The van der Waals surface area contributed by atoms with Crippen LogP contribution in [0.15, 0.2) is 34.5 Å². The zero-order valence-electron chi connectivity index (χ0n) is 19.6. The van der Waals surface area contributed by atoms with Crippen LogP contribution in [0.25, 0.3) is 0 Å². The Kier molecular flexibility index (Phi) is 6.24. The van der Waals surface area contributed by atoms with Crippen LogP contribution < -0.4 is 10.0 Å². The van der Waals surface area contributed by atoms with Crippen LogP contribution in [-0.2, 0) is 30.8 Å². The number of fused-ring (bicyclic) bond motifs is 2. The van der Waals surface area contributed by atoms with E-state index in [9.17, 15) is 22.8 Å². The van der Waals surface area contributed by atoms with Crippen molar-refractivity contribution in [1.82, 2.24) is 14.5 Å². The molecule has 1 aliphatic carbocycles. The molecule has 1 saturated heterocycles. The highest BCUT2D eigenvalue weighted by atomic mass is 32.2. The van der Waals surface area contributed by atoms with Crippen LogP contribution in [0.5, 0.6) is 0 Å². The third-order valence-electron chi connectivity index (χ3n) is 7.27. The Bertz CT molecular complexity index is 1140.